The molecule has 9 heteroatoms. The summed E-state index contributed by atoms with van der Waals surface area (Å²) < 4.78 is 11.9. The van der Waals surface area contributed by atoms with Crippen LogP contribution in [0.2, 0.25) is 0 Å². The molecule has 3 heterocycles. The maximum Gasteiger partial charge on any atom is 0.266 e. The molecular formula is C19H20N4O5. The van der Waals surface area contributed by atoms with Crippen molar-refractivity contribution in [3.05, 3.63) is 52.4 Å². The average molecular weight is 384 g/mol. The van der Waals surface area contributed by atoms with Crippen LogP contribution in [0.15, 0.2) is 41.3 Å². The first-order valence-electron chi connectivity index (χ1n) is 9.10. The van der Waals surface area contributed by atoms with E-state index in [-0.39, 0.29) is 30.1 Å². The van der Waals surface area contributed by atoms with Crippen molar-refractivity contribution in [2.24, 2.45) is 5.92 Å². The van der Waals surface area contributed by atoms with Gasteiger partial charge in [0.2, 0.25) is 12.7 Å². The number of nitrogens with one attached hydrogen (secondary N) is 1. The third-order valence-electron chi connectivity index (χ3n) is 4.79. The first-order valence-corrected chi connectivity index (χ1v) is 9.10. The van der Waals surface area contributed by atoms with Crippen LogP contribution in [0.3, 0.4) is 0 Å². The molecule has 2 aromatic rings. The van der Waals surface area contributed by atoms with E-state index in [0.29, 0.717) is 49.7 Å². The van der Waals surface area contributed by atoms with Gasteiger partial charge in [-0.3, -0.25) is 14.4 Å². The average Bonchev–Trinajstić information content (AvgIpc) is 3.13. The van der Waals surface area contributed by atoms with Gasteiger partial charge < -0.3 is 19.7 Å². The number of aryl methyl sites for hydroxylation is 1. The van der Waals surface area contributed by atoms with E-state index in [0.717, 1.165) is 0 Å². The van der Waals surface area contributed by atoms with E-state index < -0.39 is 0 Å². The molecule has 2 amide bonds. The highest BCUT2D eigenvalue weighted by molar-refractivity contribution is 5.96. The third kappa shape index (κ3) is 3.68. The van der Waals surface area contributed by atoms with E-state index in [4.69, 9.17) is 9.47 Å². The van der Waals surface area contributed by atoms with Gasteiger partial charge in [-0.15, -0.1) is 0 Å². The van der Waals surface area contributed by atoms with E-state index in [9.17, 15) is 14.4 Å². The van der Waals surface area contributed by atoms with Gasteiger partial charge in [0.05, 0.1) is 5.92 Å². The Morgan fingerprint density at radius 1 is 1.18 bits per heavy atom. The van der Waals surface area contributed by atoms with Gasteiger partial charge in [0, 0.05) is 44.0 Å². The fourth-order valence-electron chi connectivity index (χ4n) is 3.16. The molecule has 0 unspecified atom stereocenters. The molecule has 2 aliphatic heterocycles. The lowest BCUT2D eigenvalue weighted by Gasteiger charge is -2.38. The summed E-state index contributed by atoms with van der Waals surface area (Å²) in [5.41, 5.74) is 0.356. The lowest BCUT2D eigenvalue weighted by Crippen LogP contribution is -2.55. The summed E-state index contributed by atoms with van der Waals surface area (Å²) in [6, 6.07) is 8.12. The van der Waals surface area contributed by atoms with Gasteiger partial charge in [0.15, 0.2) is 11.5 Å². The SMILES string of the molecule is O=C(NCCCn1ncccc1=O)C1CN(C(=O)c2ccc3c(c2)OCO3)C1. The lowest BCUT2D eigenvalue weighted by atomic mass is 9.97. The predicted molar refractivity (Wildman–Crippen MR) is 98.1 cm³/mol. The summed E-state index contributed by atoms with van der Waals surface area (Å²) in [5.74, 6) is 0.772. The molecule has 1 aromatic heterocycles. The van der Waals surface area contributed by atoms with E-state index in [1.807, 2.05) is 0 Å². The Morgan fingerprint density at radius 3 is 2.82 bits per heavy atom. The minimum absolute atomic E-state index is 0.0805. The topological polar surface area (TPSA) is 103 Å². The quantitative estimate of drug-likeness (QED) is 0.717. The number of rotatable bonds is 6. The van der Waals surface area contributed by atoms with E-state index >= 15 is 0 Å². The first-order chi connectivity index (χ1) is 13.6. The number of carbonyl (C=O) groups excluding carboxylic acids is 2. The molecule has 0 radical (unpaired) electrons. The summed E-state index contributed by atoms with van der Waals surface area (Å²) in [5, 5.41) is 6.82. The van der Waals surface area contributed by atoms with Crippen molar-refractivity contribution in [1.29, 1.82) is 0 Å². The smallest absolute Gasteiger partial charge is 0.266 e. The standard InChI is InChI=1S/C19H20N4O5/c24-17-3-1-7-21-23(17)8-2-6-20-18(25)14-10-22(11-14)19(26)13-4-5-15-16(9-13)28-12-27-15/h1,3-5,7,9,14H,2,6,8,10-12H2,(H,20,25). The summed E-state index contributed by atoms with van der Waals surface area (Å²) in [6.07, 6.45) is 2.16. The molecule has 1 N–H and O–H groups in total. The Bertz CT molecular complexity index is 951. The van der Waals surface area contributed by atoms with Crippen LogP contribution in [-0.4, -0.2) is 52.9 Å². The fourth-order valence-corrected chi connectivity index (χ4v) is 3.16. The van der Waals surface area contributed by atoms with Crippen molar-refractivity contribution in [1.82, 2.24) is 20.0 Å². The van der Waals surface area contributed by atoms with E-state index in [1.165, 1.54) is 10.7 Å². The molecule has 9 nitrogen and oxygen atoms in total. The van der Waals surface area contributed by atoms with Crippen LogP contribution in [-0.2, 0) is 11.3 Å². The molecule has 0 saturated carbocycles. The minimum atomic E-state index is -0.212. The van der Waals surface area contributed by atoms with Crippen molar-refractivity contribution in [3.8, 4) is 11.5 Å². The number of aromatic nitrogens is 2. The third-order valence-corrected chi connectivity index (χ3v) is 4.79. The molecule has 2 aliphatic rings. The van der Waals surface area contributed by atoms with Gasteiger partial charge in [-0.25, -0.2) is 4.68 Å². The number of benzene rings is 1. The molecule has 0 aliphatic carbocycles. The van der Waals surface area contributed by atoms with Gasteiger partial charge in [-0.05, 0) is 30.7 Å². The highest BCUT2D eigenvalue weighted by Gasteiger charge is 2.36. The number of nitrogens with zero attached hydrogens (tertiary/aromatic N) is 3. The molecule has 4 rings (SSSR count). The van der Waals surface area contributed by atoms with Crippen molar-refractivity contribution in [2.75, 3.05) is 26.4 Å². The highest BCUT2D eigenvalue weighted by Crippen LogP contribution is 2.33. The normalized spacial score (nSPS) is 15.2. The van der Waals surface area contributed by atoms with Gasteiger partial charge in [-0.2, -0.15) is 5.10 Å². The number of fused-ring (bicyclic) bond motifs is 1. The Morgan fingerprint density at radius 2 is 2.00 bits per heavy atom. The summed E-state index contributed by atoms with van der Waals surface area (Å²) in [6.45, 7) is 1.83. The van der Waals surface area contributed by atoms with E-state index in [2.05, 4.69) is 10.4 Å². The molecule has 28 heavy (non-hydrogen) atoms. The van der Waals surface area contributed by atoms with Gasteiger partial charge in [0.1, 0.15) is 0 Å². The monoisotopic (exact) mass is 384 g/mol. The van der Waals surface area contributed by atoms with Gasteiger partial charge in [-0.1, -0.05) is 0 Å². The number of carbonyl (C=O) groups is 2. The first kappa shape index (κ1) is 18.0. The largest absolute Gasteiger partial charge is 0.454 e. The van der Waals surface area contributed by atoms with Crippen LogP contribution in [0.25, 0.3) is 0 Å². The fraction of sp³-hybridized carbons (Fsp3) is 0.368. The van der Waals surface area contributed by atoms with Crippen molar-refractivity contribution < 1.29 is 19.1 Å². The van der Waals surface area contributed by atoms with Crippen molar-refractivity contribution in [3.63, 3.8) is 0 Å². The maximum absolute atomic E-state index is 12.5. The molecule has 146 valence electrons. The summed E-state index contributed by atoms with van der Waals surface area (Å²) >= 11 is 0. The van der Waals surface area contributed by atoms with Crippen LogP contribution in [0.5, 0.6) is 11.5 Å². The van der Waals surface area contributed by atoms with Crippen LogP contribution in [0, 0.1) is 5.92 Å². The van der Waals surface area contributed by atoms with Crippen molar-refractivity contribution in [2.45, 2.75) is 13.0 Å². The Balaban J connectivity index is 1.20. The second kappa shape index (κ2) is 7.71. The minimum Gasteiger partial charge on any atom is -0.454 e. The molecule has 0 bridgehead atoms. The zero-order valence-corrected chi connectivity index (χ0v) is 15.2. The number of hydrogen-bond donors (Lipinski definition) is 1. The van der Waals surface area contributed by atoms with Crippen LogP contribution in [0.4, 0.5) is 0 Å². The van der Waals surface area contributed by atoms with Crippen LogP contribution >= 0.6 is 0 Å². The lowest BCUT2D eigenvalue weighted by molar-refractivity contribution is -0.128. The number of likely N-dealkylation sites (tertiary alicyclic amines) is 1. The van der Waals surface area contributed by atoms with Gasteiger partial charge in [0.25, 0.3) is 11.5 Å². The number of hydrogen-bond acceptors (Lipinski definition) is 6. The highest BCUT2D eigenvalue weighted by atomic mass is 16.7. The second-order valence-electron chi connectivity index (χ2n) is 6.70. The van der Waals surface area contributed by atoms with Crippen molar-refractivity contribution >= 4 is 11.8 Å². The zero-order valence-electron chi connectivity index (χ0n) is 15.2. The predicted octanol–water partition coefficient (Wildman–Crippen LogP) is 0.250. The second-order valence-corrected chi connectivity index (χ2v) is 6.70. The molecule has 1 fully saturated rings. The molecule has 1 aromatic carbocycles. The Labute approximate surface area is 160 Å². The van der Waals surface area contributed by atoms with Crippen LogP contribution < -0.4 is 20.3 Å². The van der Waals surface area contributed by atoms with Crippen LogP contribution in [0.1, 0.15) is 16.8 Å². The molecule has 0 spiro atoms. The maximum atomic E-state index is 12.5. The summed E-state index contributed by atoms with van der Waals surface area (Å²) in [7, 11) is 0. The molecule has 1 saturated heterocycles. The number of ether oxygens (including phenoxy) is 2. The Hall–Kier alpha value is -3.36. The summed E-state index contributed by atoms with van der Waals surface area (Å²) in [4.78, 5) is 37.9. The molecule has 0 atom stereocenters. The van der Waals surface area contributed by atoms with E-state index in [1.54, 1.807) is 35.4 Å². The molecular weight excluding hydrogens is 364 g/mol. The zero-order chi connectivity index (χ0) is 19.5. The Kier molecular flexibility index (Phi) is 4.96. The van der Waals surface area contributed by atoms with Gasteiger partial charge >= 0.3 is 0 Å². The number of amides is 2.